The van der Waals surface area contributed by atoms with Crippen molar-refractivity contribution in [3.8, 4) is 0 Å². The van der Waals surface area contributed by atoms with Gasteiger partial charge in [0.15, 0.2) is 0 Å². The van der Waals surface area contributed by atoms with Crippen molar-refractivity contribution in [1.29, 1.82) is 0 Å². The number of hydrogen-bond acceptors (Lipinski definition) is 3. The summed E-state index contributed by atoms with van der Waals surface area (Å²) in [5.41, 5.74) is 1.44. The molecular weight excluding hydrogens is 186 g/mol. The van der Waals surface area contributed by atoms with E-state index in [-0.39, 0.29) is 0 Å². The zero-order chi connectivity index (χ0) is 10.3. The molecular formula is C12H21N3. The Bertz CT molecular complexity index is 230. The van der Waals surface area contributed by atoms with Gasteiger partial charge in [-0.15, -0.1) is 0 Å². The quantitative estimate of drug-likeness (QED) is 0.737. The molecule has 2 aliphatic rings. The van der Waals surface area contributed by atoms with Gasteiger partial charge in [0.05, 0.1) is 5.84 Å². The van der Waals surface area contributed by atoms with Crippen LogP contribution >= 0.6 is 0 Å². The number of aliphatic imine (C=N–C) groups is 1. The maximum atomic E-state index is 4.48. The highest BCUT2D eigenvalue weighted by atomic mass is 15.0. The van der Waals surface area contributed by atoms with Crippen LogP contribution in [0.15, 0.2) is 16.8 Å². The molecule has 2 rings (SSSR count). The highest BCUT2D eigenvalue weighted by Crippen LogP contribution is 2.11. The fourth-order valence-electron chi connectivity index (χ4n) is 2.09. The van der Waals surface area contributed by atoms with E-state index < -0.39 is 0 Å². The average Bonchev–Trinajstić information content (AvgIpc) is 2.32. The van der Waals surface area contributed by atoms with Gasteiger partial charge in [0, 0.05) is 31.8 Å². The fraction of sp³-hybridized carbons (Fsp3) is 0.750. The van der Waals surface area contributed by atoms with Crippen LogP contribution < -0.4 is 10.6 Å². The van der Waals surface area contributed by atoms with Crippen LogP contribution in [0.2, 0.25) is 0 Å². The molecule has 3 nitrogen and oxygen atoms in total. The molecule has 3 heteroatoms. The highest BCUT2D eigenvalue weighted by Gasteiger charge is 2.05. The second kappa shape index (κ2) is 5.79. The summed E-state index contributed by atoms with van der Waals surface area (Å²) in [6.45, 7) is 3.29. The third-order valence-corrected chi connectivity index (χ3v) is 2.95. The molecule has 2 aliphatic heterocycles. The Morgan fingerprint density at radius 3 is 2.80 bits per heavy atom. The second-order valence-electron chi connectivity index (χ2n) is 4.26. The maximum Gasteiger partial charge on any atom is 0.0963 e. The van der Waals surface area contributed by atoms with Crippen molar-refractivity contribution in [3.63, 3.8) is 0 Å². The fourth-order valence-corrected chi connectivity index (χ4v) is 2.09. The zero-order valence-electron chi connectivity index (χ0n) is 9.39. The molecule has 2 N–H and O–H groups in total. The molecule has 2 heterocycles. The summed E-state index contributed by atoms with van der Waals surface area (Å²) in [6.07, 6.45) is 9.58. The first-order valence-electron chi connectivity index (χ1n) is 6.15. The van der Waals surface area contributed by atoms with Crippen LogP contribution in [0, 0.1) is 0 Å². The van der Waals surface area contributed by atoms with Crippen LogP contribution in [-0.2, 0) is 0 Å². The van der Waals surface area contributed by atoms with Crippen molar-refractivity contribution in [2.45, 2.75) is 38.5 Å². The van der Waals surface area contributed by atoms with E-state index in [0.29, 0.717) is 0 Å². The van der Waals surface area contributed by atoms with E-state index in [0.717, 1.165) is 26.1 Å². The number of hydrogen-bond donors (Lipinski definition) is 2. The first-order valence-corrected chi connectivity index (χ1v) is 6.15. The van der Waals surface area contributed by atoms with E-state index >= 15 is 0 Å². The molecule has 0 aromatic rings. The van der Waals surface area contributed by atoms with Crippen LogP contribution in [-0.4, -0.2) is 25.5 Å². The van der Waals surface area contributed by atoms with Gasteiger partial charge in [0.2, 0.25) is 0 Å². The molecule has 0 bridgehead atoms. The standard InChI is InChI=1S/C12H21N3/c1-2-8-13-11(5-1)6-3-7-12-14-9-4-10-15-12/h5,13H,1-4,6-10H2,(H,14,15). The van der Waals surface area contributed by atoms with Crippen LogP contribution in [0.4, 0.5) is 0 Å². The monoisotopic (exact) mass is 207 g/mol. The summed E-state index contributed by atoms with van der Waals surface area (Å²) >= 11 is 0. The lowest BCUT2D eigenvalue weighted by Crippen LogP contribution is -2.29. The summed E-state index contributed by atoms with van der Waals surface area (Å²) in [5, 5.41) is 6.82. The Labute approximate surface area is 92.0 Å². The van der Waals surface area contributed by atoms with E-state index in [1.165, 1.54) is 43.6 Å². The first-order chi connectivity index (χ1) is 7.45. The molecule has 0 radical (unpaired) electrons. The third kappa shape index (κ3) is 3.57. The van der Waals surface area contributed by atoms with E-state index in [1.54, 1.807) is 0 Å². The molecule has 0 aromatic carbocycles. The second-order valence-corrected chi connectivity index (χ2v) is 4.26. The Morgan fingerprint density at radius 2 is 2.07 bits per heavy atom. The Hall–Kier alpha value is -0.990. The predicted molar refractivity (Wildman–Crippen MR) is 64.1 cm³/mol. The Morgan fingerprint density at radius 1 is 1.13 bits per heavy atom. The van der Waals surface area contributed by atoms with Crippen LogP contribution in [0.1, 0.15) is 38.5 Å². The number of rotatable bonds is 4. The van der Waals surface area contributed by atoms with Crippen molar-refractivity contribution >= 4 is 5.84 Å². The largest absolute Gasteiger partial charge is 0.389 e. The highest BCUT2D eigenvalue weighted by molar-refractivity contribution is 5.82. The molecule has 0 spiro atoms. The molecule has 0 aromatic heterocycles. The van der Waals surface area contributed by atoms with Crippen molar-refractivity contribution in [3.05, 3.63) is 11.8 Å². The van der Waals surface area contributed by atoms with Gasteiger partial charge in [0.25, 0.3) is 0 Å². The number of amidine groups is 1. The predicted octanol–water partition coefficient (Wildman–Crippen LogP) is 1.82. The van der Waals surface area contributed by atoms with Crippen molar-refractivity contribution in [1.82, 2.24) is 10.6 Å². The van der Waals surface area contributed by atoms with E-state index in [1.807, 2.05) is 0 Å². The summed E-state index contributed by atoms with van der Waals surface area (Å²) in [7, 11) is 0. The number of allylic oxidation sites excluding steroid dienone is 2. The van der Waals surface area contributed by atoms with Crippen molar-refractivity contribution < 1.29 is 0 Å². The van der Waals surface area contributed by atoms with Gasteiger partial charge in [-0.3, -0.25) is 4.99 Å². The zero-order valence-corrected chi connectivity index (χ0v) is 9.39. The van der Waals surface area contributed by atoms with E-state index in [4.69, 9.17) is 0 Å². The molecule has 0 amide bonds. The minimum atomic E-state index is 1.02. The lowest BCUT2D eigenvalue weighted by atomic mass is 10.1. The van der Waals surface area contributed by atoms with Gasteiger partial charge in [0.1, 0.15) is 0 Å². The lowest BCUT2D eigenvalue weighted by Gasteiger charge is -2.17. The van der Waals surface area contributed by atoms with Crippen molar-refractivity contribution in [2.24, 2.45) is 4.99 Å². The summed E-state index contributed by atoms with van der Waals surface area (Å²) in [5.74, 6) is 1.22. The number of nitrogens with zero attached hydrogens (tertiary/aromatic N) is 1. The molecule has 84 valence electrons. The first kappa shape index (κ1) is 10.5. The van der Waals surface area contributed by atoms with Crippen LogP contribution in [0.3, 0.4) is 0 Å². The normalized spacial score (nSPS) is 21.1. The van der Waals surface area contributed by atoms with Gasteiger partial charge >= 0.3 is 0 Å². The SMILES string of the molecule is C1=C(CCCC2=NCCCN2)NCCC1. The number of nitrogens with one attached hydrogen (secondary N) is 2. The molecule has 15 heavy (non-hydrogen) atoms. The van der Waals surface area contributed by atoms with Crippen molar-refractivity contribution in [2.75, 3.05) is 19.6 Å². The molecule has 0 fully saturated rings. The summed E-state index contributed by atoms with van der Waals surface area (Å²) < 4.78 is 0. The molecule has 0 aliphatic carbocycles. The van der Waals surface area contributed by atoms with E-state index in [9.17, 15) is 0 Å². The van der Waals surface area contributed by atoms with Gasteiger partial charge in [-0.25, -0.2) is 0 Å². The van der Waals surface area contributed by atoms with Gasteiger partial charge in [-0.05, 0) is 32.1 Å². The maximum absolute atomic E-state index is 4.48. The molecule has 0 saturated heterocycles. The minimum absolute atomic E-state index is 1.02. The minimum Gasteiger partial charge on any atom is -0.389 e. The smallest absolute Gasteiger partial charge is 0.0963 e. The average molecular weight is 207 g/mol. The van der Waals surface area contributed by atoms with Gasteiger partial charge in [-0.2, -0.15) is 0 Å². The van der Waals surface area contributed by atoms with Gasteiger partial charge < -0.3 is 10.6 Å². The summed E-state index contributed by atoms with van der Waals surface area (Å²) in [6, 6.07) is 0. The molecule has 0 saturated carbocycles. The molecule has 0 atom stereocenters. The Kier molecular flexibility index (Phi) is 4.06. The van der Waals surface area contributed by atoms with E-state index in [2.05, 4.69) is 21.7 Å². The Balaban J connectivity index is 1.65. The van der Waals surface area contributed by atoms with Crippen LogP contribution in [0.5, 0.6) is 0 Å². The van der Waals surface area contributed by atoms with Crippen LogP contribution in [0.25, 0.3) is 0 Å². The summed E-state index contributed by atoms with van der Waals surface area (Å²) in [4.78, 5) is 4.48. The molecule has 0 unspecified atom stereocenters. The van der Waals surface area contributed by atoms with Gasteiger partial charge in [-0.1, -0.05) is 6.08 Å². The topological polar surface area (TPSA) is 36.4 Å². The third-order valence-electron chi connectivity index (χ3n) is 2.95. The lowest BCUT2D eigenvalue weighted by molar-refractivity contribution is 0.640.